The van der Waals surface area contributed by atoms with Gasteiger partial charge in [0.1, 0.15) is 6.29 Å². The highest BCUT2D eigenvalue weighted by Gasteiger charge is 2.28. The maximum absolute atomic E-state index is 11.8. The lowest BCUT2D eigenvalue weighted by Crippen LogP contribution is -2.41. The summed E-state index contributed by atoms with van der Waals surface area (Å²) in [6.45, 7) is 5.80. The monoisotopic (exact) mass is 282 g/mol. The van der Waals surface area contributed by atoms with Gasteiger partial charge in [-0.15, -0.1) is 0 Å². The van der Waals surface area contributed by atoms with Gasteiger partial charge in [-0.2, -0.15) is 0 Å². The molecule has 114 valence electrons. The molecule has 1 aliphatic heterocycles. The van der Waals surface area contributed by atoms with Crippen molar-refractivity contribution in [1.29, 1.82) is 0 Å². The van der Waals surface area contributed by atoms with Crippen LogP contribution in [0.25, 0.3) is 0 Å². The molecule has 0 radical (unpaired) electrons. The molecule has 0 spiro atoms. The molecule has 0 atom stereocenters. The van der Waals surface area contributed by atoms with Gasteiger partial charge in [0.05, 0.1) is 6.61 Å². The molecule has 2 fully saturated rings. The van der Waals surface area contributed by atoms with Crippen LogP contribution in [0.3, 0.4) is 0 Å². The van der Waals surface area contributed by atoms with E-state index in [1.807, 2.05) is 11.8 Å². The summed E-state index contributed by atoms with van der Waals surface area (Å²) in [7, 11) is 0. The number of nitrogens with zero attached hydrogens (tertiary/aromatic N) is 2. The lowest BCUT2D eigenvalue weighted by atomic mass is 9.86. The molecule has 1 heterocycles. The second-order valence-corrected chi connectivity index (χ2v) is 5.78. The van der Waals surface area contributed by atoms with Gasteiger partial charge < -0.3 is 14.4 Å². The third-order valence-electron chi connectivity index (χ3n) is 4.51. The molecule has 0 unspecified atom stereocenters. The number of carbonyl (C=O) groups excluding carboxylic acids is 2. The highest BCUT2D eigenvalue weighted by Crippen LogP contribution is 2.27. The second-order valence-electron chi connectivity index (χ2n) is 5.78. The lowest BCUT2D eigenvalue weighted by molar-refractivity contribution is -0.112. The van der Waals surface area contributed by atoms with E-state index in [1.165, 1.54) is 0 Å². The molecule has 2 aliphatic rings. The average Bonchev–Trinajstić information content (AvgIpc) is 2.73. The van der Waals surface area contributed by atoms with Gasteiger partial charge in [-0.05, 0) is 39.0 Å². The SMILES string of the molecule is CCOC(=O)N1CCCN(C2CCC(C=O)CC2)CC1. The van der Waals surface area contributed by atoms with Crippen LogP contribution in [0.1, 0.15) is 39.0 Å². The first-order chi connectivity index (χ1) is 9.74. The van der Waals surface area contributed by atoms with Crippen LogP contribution in [0, 0.1) is 5.92 Å². The summed E-state index contributed by atoms with van der Waals surface area (Å²) in [5.41, 5.74) is 0. The van der Waals surface area contributed by atoms with Crippen molar-refractivity contribution in [2.75, 3.05) is 32.8 Å². The van der Waals surface area contributed by atoms with Gasteiger partial charge in [0.2, 0.25) is 0 Å². The molecular weight excluding hydrogens is 256 g/mol. The molecule has 0 aromatic heterocycles. The Morgan fingerprint density at radius 1 is 1.15 bits per heavy atom. The summed E-state index contributed by atoms with van der Waals surface area (Å²) in [4.78, 5) is 26.9. The van der Waals surface area contributed by atoms with Crippen LogP contribution in [0.15, 0.2) is 0 Å². The Labute approximate surface area is 121 Å². The normalized spacial score (nSPS) is 28.8. The van der Waals surface area contributed by atoms with E-state index in [2.05, 4.69) is 4.90 Å². The largest absolute Gasteiger partial charge is 0.450 e. The van der Waals surface area contributed by atoms with Crippen molar-refractivity contribution in [2.24, 2.45) is 5.92 Å². The van der Waals surface area contributed by atoms with Gasteiger partial charge >= 0.3 is 6.09 Å². The zero-order valence-electron chi connectivity index (χ0n) is 12.4. The summed E-state index contributed by atoms with van der Waals surface area (Å²) in [5.74, 6) is 0.272. The summed E-state index contributed by atoms with van der Waals surface area (Å²) >= 11 is 0. The van der Waals surface area contributed by atoms with E-state index < -0.39 is 0 Å². The van der Waals surface area contributed by atoms with Crippen LogP contribution in [-0.2, 0) is 9.53 Å². The first kappa shape index (κ1) is 15.3. The van der Waals surface area contributed by atoms with E-state index in [0.29, 0.717) is 12.6 Å². The first-order valence-corrected chi connectivity index (χ1v) is 7.85. The Bertz CT molecular complexity index is 327. The van der Waals surface area contributed by atoms with Gasteiger partial charge in [-0.3, -0.25) is 4.90 Å². The highest BCUT2D eigenvalue weighted by atomic mass is 16.6. The molecular formula is C15H26N2O3. The van der Waals surface area contributed by atoms with Gasteiger partial charge in [0.25, 0.3) is 0 Å². The predicted octanol–water partition coefficient (Wildman–Crippen LogP) is 1.91. The number of ether oxygens (including phenoxy) is 1. The third-order valence-corrected chi connectivity index (χ3v) is 4.51. The molecule has 2 rings (SSSR count). The number of rotatable bonds is 3. The molecule has 0 aromatic rings. The average molecular weight is 282 g/mol. The molecule has 0 bridgehead atoms. The van der Waals surface area contributed by atoms with Crippen molar-refractivity contribution >= 4 is 12.4 Å². The maximum atomic E-state index is 11.8. The molecule has 1 saturated heterocycles. The Balaban J connectivity index is 1.81. The van der Waals surface area contributed by atoms with Crippen LogP contribution in [-0.4, -0.2) is 61.0 Å². The van der Waals surface area contributed by atoms with E-state index >= 15 is 0 Å². The Hall–Kier alpha value is -1.10. The van der Waals surface area contributed by atoms with Crippen LogP contribution in [0.5, 0.6) is 0 Å². The van der Waals surface area contributed by atoms with Gasteiger partial charge in [0, 0.05) is 38.1 Å². The van der Waals surface area contributed by atoms with Crippen molar-refractivity contribution < 1.29 is 14.3 Å². The van der Waals surface area contributed by atoms with Gasteiger partial charge in [-0.25, -0.2) is 4.79 Å². The highest BCUT2D eigenvalue weighted by molar-refractivity contribution is 5.67. The van der Waals surface area contributed by atoms with E-state index in [-0.39, 0.29) is 12.0 Å². The van der Waals surface area contributed by atoms with Gasteiger partial charge in [0.15, 0.2) is 0 Å². The zero-order chi connectivity index (χ0) is 14.4. The smallest absolute Gasteiger partial charge is 0.409 e. The topological polar surface area (TPSA) is 49.9 Å². The minimum atomic E-state index is -0.181. The third kappa shape index (κ3) is 3.95. The molecule has 5 nitrogen and oxygen atoms in total. The van der Waals surface area contributed by atoms with Crippen molar-refractivity contribution in [3.05, 3.63) is 0 Å². The number of carbonyl (C=O) groups is 2. The molecule has 5 heteroatoms. The van der Waals surface area contributed by atoms with Crippen molar-refractivity contribution in [2.45, 2.75) is 45.1 Å². The van der Waals surface area contributed by atoms with Crippen molar-refractivity contribution in [1.82, 2.24) is 9.80 Å². The maximum Gasteiger partial charge on any atom is 0.409 e. The Kier molecular flexibility index (Phi) is 5.83. The summed E-state index contributed by atoms with van der Waals surface area (Å²) in [6.07, 6.45) is 6.21. The predicted molar refractivity (Wildman–Crippen MR) is 76.6 cm³/mol. The Morgan fingerprint density at radius 3 is 2.55 bits per heavy atom. The van der Waals surface area contributed by atoms with E-state index in [0.717, 1.165) is 64.6 Å². The van der Waals surface area contributed by atoms with Crippen LogP contribution in [0.4, 0.5) is 4.79 Å². The zero-order valence-corrected chi connectivity index (χ0v) is 12.4. The number of aldehydes is 1. The summed E-state index contributed by atoms with van der Waals surface area (Å²) in [6, 6.07) is 0.591. The minimum Gasteiger partial charge on any atom is -0.450 e. The van der Waals surface area contributed by atoms with E-state index in [9.17, 15) is 9.59 Å². The first-order valence-electron chi connectivity index (χ1n) is 7.85. The number of hydrogen-bond donors (Lipinski definition) is 0. The van der Waals surface area contributed by atoms with Gasteiger partial charge in [-0.1, -0.05) is 0 Å². The molecule has 1 aliphatic carbocycles. The fourth-order valence-electron chi connectivity index (χ4n) is 3.30. The molecule has 0 N–H and O–H groups in total. The number of amides is 1. The van der Waals surface area contributed by atoms with Crippen LogP contribution in [0.2, 0.25) is 0 Å². The minimum absolute atomic E-state index is 0.181. The summed E-state index contributed by atoms with van der Waals surface area (Å²) in [5, 5.41) is 0. The lowest BCUT2D eigenvalue weighted by Gasteiger charge is -2.35. The Morgan fingerprint density at radius 2 is 1.90 bits per heavy atom. The standard InChI is InChI=1S/C15H26N2O3/c1-2-20-15(19)17-9-3-8-16(10-11-17)14-6-4-13(12-18)5-7-14/h12-14H,2-11H2,1H3. The quantitative estimate of drug-likeness (QED) is 0.742. The molecule has 1 saturated carbocycles. The van der Waals surface area contributed by atoms with E-state index in [4.69, 9.17) is 4.74 Å². The fourth-order valence-corrected chi connectivity index (χ4v) is 3.30. The van der Waals surface area contributed by atoms with Crippen LogP contribution >= 0.6 is 0 Å². The molecule has 20 heavy (non-hydrogen) atoms. The number of hydrogen-bond acceptors (Lipinski definition) is 4. The molecule has 0 aromatic carbocycles. The summed E-state index contributed by atoms with van der Waals surface area (Å²) < 4.78 is 5.08. The van der Waals surface area contributed by atoms with Crippen molar-refractivity contribution in [3.8, 4) is 0 Å². The van der Waals surface area contributed by atoms with E-state index in [1.54, 1.807) is 0 Å². The fraction of sp³-hybridized carbons (Fsp3) is 0.867. The van der Waals surface area contributed by atoms with Crippen molar-refractivity contribution in [3.63, 3.8) is 0 Å². The second kappa shape index (κ2) is 7.62. The van der Waals surface area contributed by atoms with Crippen LogP contribution < -0.4 is 0 Å². The molecule has 1 amide bonds.